The molecule has 83 heavy (non-hydrogen) atoms. The number of aromatic nitrogens is 10. The van der Waals surface area contributed by atoms with E-state index in [1.165, 1.54) is 6.33 Å². The van der Waals surface area contributed by atoms with E-state index < -0.39 is 60.6 Å². The fraction of sp³-hybridized carbons (Fsp3) is 0.279. The summed E-state index contributed by atoms with van der Waals surface area (Å²) in [6.07, 6.45) is 2.85. The Bertz CT molecular complexity index is 3640. The summed E-state index contributed by atoms with van der Waals surface area (Å²) in [7, 11) is 3.31. The predicted octanol–water partition coefficient (Wildman–Crippen LogP) is 7.83. The van der Waals surface area contributed by atoms with Crippen LogP contribution in [0.4, 0.5) is 0 Å². The number of hydrogen-bond donors (Lipinski definition) is 5. The van der Waals surface area contributed by atoms with Crippen LogP contribution in [0.1, 0.15) is 61.0 Å². The van der Waals surface area contributed by atoms with E-state index in [1.807, 2.05) is 146 Å². The van der Waals surface area contributed by atoms with E-state index >= 15 is 0 Å². The van der Waals surface area contributed by atoms with Crippen molar-refractivity contribution in [3.63, 3.8) is 0 Å². The summed E-state index contributed by atoms with van der Waals surface area (Å²) >= 11 is 7.22. The quantitative estimate of drug-likeness (QED) is 0.0484. The van der Waals surface area contributed by atoms with Crippen molar-refractivity contribution in [2.75, 3.05) is 20.8 Å². The van der Waals surface area contributed by atoms with E-state index in [0.29, 0.717) is 65.3 Å². The average molecular weight is 1150 g/mol. The minimum atomic E-state index is -1.23. The molecule has 0 saturated carbocycles. The Morgan fingerprint density at radius 2 is 0.928 bits per heavy atom. The van der Waals surface area contributed by atoms with Crippen LogP contribution >= 0.6 is 11.6 Å². The van der Waals surface area contributed by atoms with Crippen LogP contribution in [0.25, 0.3) is 33.9 Å². The van der Waals surface area contributed by atoms with Crippen LogP contribution in [0.15, 0.2) is 177 Å². The van der Waals surface area contributed by atoms with Crippen molar-refractivity contribution in [1.82, 2.24) is 47.8 Å². The van der Waals surface area contributed by atoms with Crippen molar-refractivity contribution in [2.45, 2.75) is 87.9 Å². The van der Waals surface area contributed by atoms with Gasteiger partial charge in [0.1, 0.15) is 60.1 Å². The van der Waals surface area contributed by atoms with Gasteiger partial charge in [-0.05, 0) is 58.5 Å². The number of rotatable bonds is 15. The number of halogens is 1. The van der Waals surface area contributed by atoms with Gasteiger partial charge < -0.3 is 54.0 Å². The third-order valence-corrected chi connectivity index (χ3v) is 15.1. The monoisotopic (exact) mass is 1150 g/mol. The van der Waals surface area contributed by atoms with Crippen molar-refractivity contribution in [3.05, 3.63) is 205 Å². The molecule has 11 aromatic rings. The fourth-order valence-corrected chi connectivity index (χ4v) is 10.5. The third kappa shape index (κ3) is 11.4. The van der Waals surface area contributed by atoms with Crippen molar-refractivity contribution in [2.24, 2.45) is 0 Å². The minimum absolute atomic E-state index is 0. The van der Waals surface area contributed by atoms with Crippen molar-refractivity contribution in [1.29, 1.82) is 0 Å². The summed E-state index contributed by atoms with van der Waals surface area (Å²) in [6, 6.07) is 45.3. The van der Waals surface area contributed by atoms with E-state index in [9.17, 15) is 25.5 Å². The standard InChI is InChI=1S/C21H19ClO2.C20H21N5O4.C19H19N5O5.CH4/c1-23-19-12-8-17(9-13-19)21(22,16-6-4-3-5-7-16)18-10-14-20(24-2)15-11-18;1-2-13-15(26)16(27)19(29-13)25-11-22-14-17(28-10-12-6-4-3-5-7-12)23-20-21-8-9-24(20)18(14)25;25-8-12-14(26)15(27)18(29-12)24-10-21-13-16(28-9-11-4-2-1-3-5-11)22-19-20-6-7-23(19)17(13)24;/h3-15H,1-2H3;3-9,11,13,15-16,19,26-27H,2,10H2,1H3;1-7,10,12,14-15,18,25-27H,8-9H2;1H4/t;13-,15-,16-,19-;12-,14-,15-,18-;/m.11./s1. The lowest BCUT2D eigenvalue weighted by molar-refractivity contribution is -0.0511. The number of methoxy groups -OCH3 is 2. The second kappa shape index (κ2) is 25.3. The van der Waals surface area contributed by atoms with Crippen molar-refractivity contribution >= 4 is 45.5 Å². The highest BCUT2D eigenvalue weighted by Crippen LogP contribution is 2.44. The molecule has 2 aliphatic heterocycles. The molecule has 0 spiro atoms. The Kier molecular flexibility index (Phi) is 17.6. The molecule has 2 fully saturated rings. The highest BCUT2D eigenvalue weighted by Gasteiger charge is 2.45. The first-order valence-corrected chi connectivity index (χ1v) is 26.8. The maximum atomic E-state index is 10.5. The first kappa shape index (κ1) is 57.7. The Balaban J connectivity index is 0.000000139. The smallest absolute Gasteiger partial charge is 0.247 e. The molecule has 5 N–H and O–H groups in total. The van der Waals surface area contributed by atoms with Crippen LogP contribution in [0.5, 0.6) is 23.3 Å². The zero-order chi connectivity index (χ0) is 56.9. The SMILES string of the molecule is C.CC[C@H]1O[C@@H](n2cnc3c(OCc4ccccc4)nc4nccn4c32)[C@H](O)[C@@H]1O.COc1ccc(C(Cl)(c2ccccc2)c2ccc(OC)cc2)cc1.OC[C@H]1O[C@@H](n2cnc3c(OCc4ccccc4)nc4nccn4c32)[C@H](O)[C@@H]1O. The Morgan fingerprint density at radius 3 is 1.31 bits per heavy atom. The minimum Gasteiger partial charge on any atom is -0.497 e. The highest BCUT2D eigenvalue weighted by atomic mass is 35.5. The number of ether oxygens (including phenoxy) is 6. The summed E-state index contributed by atoms with van der Waals surface area (Å²) < 4.78 is 40.7. The van der Waals surface area contributed by atoms with Crippen LogP contribution in [0.2, 0.25) is 0 Å². The van der Waals surface area contributed by atoms with Crippen LogP contribution in [-0.4, -0.2) is 131 Å². The van der Waals surface area contributed by atoms with Gasteiger partial charge in [0.2, 0.25) is 23.3 Å². The van der Waals surface area contributed by atoms with Crippen LogP contribution in [-0.2, 0) is 27.6 Å². The van der Waals surface area contributed by atoms with E-state index in [0.717, 1.165) is 39.3 Å². The summed E-state index contributed by atoms with van der Waals surface area (Å²) in [5, 5.41) is 50.7. The van der Waals surface area contributed by atoms with Gasteiger partial charge in [-0.15, -0.1) is 11.6 Å². The van der Waals surface area contributed by atoms with Gasteiger partial charge in [0.25, 0.3) is 0 Å². The maximum Gasteiger partial charge on any atom is 0.247 e. The molecule has 22 heteroatoms. The number of benzene rings is 5. The van der Waals surface area contributed by atoms with Gasteiger partial charge in [-0.1, -0.05) is 130 Å². The molecular weight excluding hydrogens is 1080 g/mol. The lowest BCUT2D eigenvalue weighted by Crippen LogP contribution is -2.33. The molecule has 0 amide bonds. The molecule has 21 nitrogen and oxygen atoms in total. The lowest BCUT2D eigenvalue weighted by atomic mass is 9.84. The number of nitrogens with zero attached hydrogens (tertiary/aromatic N) is 10. The lowest BCUT2D eigenvalue weighted by Gasteiger charge is -2.29. The van der Waals surface area contributed by atoms with E-state index in [1.54, 1.807) is 63.3 Å². The molecule has 430 valence electrons. The van der Waals surface area contributed by atoms with E-state index in [4.69, 9.17) is 40.0 Å². The number of fused-ring (bicyclic) bond motifs is 6. The summed E-state index contributed by atoms with van der Waals surface area (Å²) in [4.78, 5) is 25.5. The maximum absolute atomic E-state index is 10.5. The van der Waals surface area contributed by atoms with Crippen LogP contribution < -0.4 is 18.9 Å². The van der Waals surface area contributed by atoms with Crippen molar-refractivity contribution in [3.8, 4) is 23.3 Å². The normalized spacial score (nSPS) is 20.3. The molecule has 0 unspecified atom stereocenters. The van der Waals surface area contributed by atoms with E-state index in [-0.39, 0.29) is 7.43 Å². The molecule has 0 radical (unpaired) electrons. The molecule has 8 heterocycles. The van der Waals surface area contributed by atoms with Crippen molar-refractivity contribution < 1.29 is 54.0 Å². The van der Waals surface area contributed by atoms with Crippen LogP contribution in [0.3, 0.4) is 0 Å². The van der Waals surface area contributed by atoms with Gasteiger partial charge in [0, 0.05) is 24.8 Å². The summed E-state index contributed by atoms with van der Waals surface area (Å²) in [5.41, 5.74) is 7.14. The second-order valence-electron chi connectivity index (χ2n) is 19.4. The van der Waals surface area contributed by atoms with Gasteiger partial charge in [0.05, 0.1) is 39.6 Å². The molecular formula is C61H63ClN10O11. The Morgan fingerprint density at radius 1 is 0.530 bits per heavy atom. The predicted molar refractivity (Wildman–Crippen MR) is 308 cm³/mol. The number of aliphatic hydroxyl groups excluding tert-OH is 5. The highest BCUT2D eigenvalue weighted by molar-refractivity contribution is 6.28. The molecule has 8 atom stereocenters. The first-order chi connectivity index (χ1) is 40.0. The molecule has 2 aliphatic rings. The second-order valence-corrected chi connectivity index (χ2v) is 20.0. The number of alkyl halides is 1. The molecule has 0 aliphatic carbocycles. The van der Waals surface area contributed by atoms with Gasteiger partial charge in [-0.2, -0.15) is 9.97 Å². The van der Waals surface area contributed by atoms with Crippen LogP contribution in [0, 0.1) is 0 Å². The fourth-order valence-electron chi connectivity index (χ4n) is 10.1. The Hall–Kier alpha value is -8.51. The third-order valence-electron chi connectivity index (χ3n) is 14.4. The summed E-state index contributed by atoms with van der Waals surface area (Å²) in [6.45, 7) is 2.14. The van der Waals surface area contributed by atoms with E-state index in [2.05, 4.69) is 29.9 Å². The topological polar surface area (TPSA) is 253 Å². The molecule has 0 bridgehead atoms. The molecule has 2 saturated heterocycles. The number of hydrogen-bond acceptors (Lipinski definition) is 17. The van der Waals surface area contributed by atoms with Gasteiger partial charge in [0.15, 0.2) is 34.8 Å². The zero-order valence-corrected chi connectivity index (χ0v) is 45.5. The molecule has 5 aromatic carbocycles. The van der Waals surface area contributed by atoms with Gasteiger partial charge >= 0.3 is 0 Å². The van der Waals surface area contributed by atoms with Gasteiger partial charge in [-0.25, -0.2) is 19.9 Å². The van der Waals surface area contributed by atoms with Gasteiger partial charge in [-0.3, -0.25) is 17.9 Å². The zero-order valence-electron chi connectivity index (χ0n) is 44.7. The number of aliphatic hydroxyl groups is 5. The Labute approximate surface area is 482 Å². The first-order valence-electron chi connectivity index (χ1n) is 26.4. The molecule has 13 rings (SSSR count). The number of imidazole rings is 4. The average Bonchev–Trinajstić information content (AvgIpc) is 2.62. The molecule has 6 aromatic heterocycles. The largest absolute Gasteiger partial charge is 0.497 e. The summed E-state index contributed by atoms with van der Waals surface area (Å²) in [5.74, 6) is 3.10.